The van der Waals surface area contributed by atoms with Crippen LogP contribution in [-0.4, -0.2) is 66.3 Å². The van der Waals surface area contributed by atoms with Crippen molar-refractivity contribution in [2.75, 3.05) is 33.0 Å². The van der Waals surface area contributed by atoms with Gasteiger partial charge in [0.15, 0.2) is 0 Å². The van der Waals surface area contributed by atoms with Gasteiger partial charge in [-0.05, 0) is 64.2 Å². The number of phosphoric ester groups is 1. The molecule has 10 heteroatoms. The maximum atomic E-state index is 12.5. The van der Waals surface area contributed by atoms with Gasteiger partial charge >= 0.3 is 13.8 Å². The van der Waals surface area contributed by atoms with Gasteiger partial charge in [-0.15, -0.1) is 0 Å². The van der Waals surface area contributed by atoms with Crippen molar-refractivity contribution in [1.29, 1.82) is 0 Å². The van der Waals surface area contributed by atoms with Gasteiger partial charge < -0.3 is 24.6 Å². The summed E-state index contributed by atoms with van der Waals surface area (Å²) in [5.74, 6) is -0.394. The molecule has 9 nitrogen and oxygen atoms in total. The number of hydrogen-bond donors (Lipinski definition) is 3. The SMILES string of the molecule is CCCCCC/C=C\CCCCCCCC(=O)OC(COCCCCCCCC/C=C\CCCCCCC)COP(=O)(O)OCC(O)CO. The molecule has 0 bridgehead atoms. The molecule has 0 aliphatic carbocycles. The Kier molecular flexibility index (Phi) is 35.9. The van der Waals surface area contributed by atoms with Gasteiger partial charge in [0.05, 0.1) is 26.4 Å². The van der Waals surface area contributed by atoms with E-state index in [0.717, 1.165) is 64.2 Å². The van der Waals surface area contributed by atoms with E-state index in [1.54, 1.807) is 0 Å². The molecule has 0 fully saturated rings. The molecule has 0 amide bonds. The second-order valence-electron chi connectivity index (χ2n) is 13.3. The summed E-state index contributed by atoms with van der Waals surface area (Å²) in [6.07, 6.45) is 35.6. The summed E-state index contributed by atoms with van der Waals surface area (Å²) in [5.41, 5.74) is 0. The van der Waals surface area contributed by atoms with Gasteiger partial charge in [-0.25, -0.2) is 4.57 Å². The predicted molar refractivity (Wildman–Crippen MR) is 201 cm³/mol. The Bertz CT molecular complexity index is 820. The monoisotopic (exact) mass is 719 g/mol. The predicted octanol–water partition coefficient (Wildman–Crippen LogP) is 10.3. The minimum Gasteiger partial charge on any atom is -0.457 e. The Morgan fingerprint density at radius 1 is 0.612 bits per heavy atom. The van der Waals surface area contributed by atoms with Crippen LogP contribution in [0.25, 0.3) is 0 Å². The maximum Gasteiger partial charge on any atom is 0.472 e. The summed E-state index contributed by atoms with van der Waals surface area (Å²) >= 11 is 0. The molecule has 3 unspecified atom stereocenters. The van der Waals surface area contributed by atoms with E-state index in [1.807, 2.05) is 0 Å². The van der Waals surface area contributed by atoms with Crippen LogP contribution in [0.4, 0.5) is 0 Å². The van der Waals surface area contributed by atoms with Crippen LogP contribution in [-0.2, 0) is 27.9 Å². The molecule has 0 aliphatic rings. The minimum atomic E-state index is -4.51. The lowest BCUT2D eigenvalue weighted by Crippen LogP contribution is -2.29. The number of rotatable bonds is 38. The molecule has 0 aromatic carbocycles. The second-order valence-corrected chi connectivity index (χ2v) is 14.7. The summed E-state index contributed by atoms with van der Waals surface area (Å²) in [6, 6.07) is 0. The Hall–Kier alpha value is -1.06. The highest BCUT2D eigenvalue weighted by atomic mass is 31.2. The first-order chi connectivity index (χ1) is 23.8. The molecular weight excluding hydrogens is 643 g/mol. The van der Waals surface area contributed by atoms with Crippen molar-refractivity contribution in [1.82, 2.24) is 0 Å². The molecule has 290 valence electrons. The van der Waals surface area contributed by atoms with E-state index in [2.05, 4.69) is 38.2 Å². The summed E-state index contributed by atoms with van der Waals surface area (Å²) in [7, 11) is -4.51. The highest BCUT2D eigenvalue weighted by Crippen LogP contribution is 2.43. The Morgan fingerprint density at radius 3 is 1.55 bits per heavy atom. The zero-order valence-electron chi connectivity index (χ0n) is 31.4. The van der Waals surface area contributed by atoms with Crippen molar-refractivity contribution in [3.05, 3.63) is 24.3 Å². The van der Waals surface area contributed by atoms with Crippen molar-refractivity contribution in [3.8, 4) is 0 Å². The Morgan fingerprint density at radius 2 is 1.04 bits per heavy atom. The molecule has 0 rings (SSSR count). The largest absolute Gasteiger partial charge is 0.472 e. The zero-order valence-corrected chi connectivity index (χ0v) is 32.3. The van der Waals surface area contributed by atoms with Gasteiger partial charge in [0.2, 0.25) is 0 Å². The Labute approximate surface area is 300 Å². The van der Waals surface area contributed by atoms with Gasteiger partial charge in [0.1, 0.15) is 12.2 Å². The summed E-state index contributed by atoms with van der Waals surface area (Å²) in [6.45, 7) is 3.47. The van der Waals surface area contributed by atoms with Gasteiger partial charge in [-0.2, -0.15) is 0 Å². The van der Waals surface area contributed by atoms with Gasteiger partial charge in [-0.1, -0.05) is 128 Å². The fourth-order valence-corrected chi connectivity index (χ4v) is 6.07. The van der Waals surface area contributed by atoms with E-state index in [1.165, 1.54) is 89.9 Å². The topological polar surface area (TPSA) is 132 Å². The van der Waals surface area contributed by atoms with Crippen LogP contribution < -0.4 is 0 Å². The highest BCUT2D eigenvalue weighted by Gasteiger charge is 2.26. The van der Waals surface area contributed by atoms with Crippen LogP contribution in [0.1, 0.15) is 174 Å². The van der Waals surface area contributed by atoms with Crippen LogP contribution >= 0.6 is 7.82 Å². The first-order valence-corrected chi connectivity index (χ1v) is 21.3. The van der Waals surface area contributed by atoms with Crippen LogP contribution in [0.5, 0.6) is 0 Å². The van der Waals surface area contributed by atoms with Gasteiger partial charge in [0.25, 0.3) is 0 Å². The van der Waals surface area contributed by atoms with Crippen molar-refractivity contribution in [2.24, 2.45) is 0 Å². The van der Waals surface area contributed by atoms with Crippen molar-refractivity contribution in [2.45, 2.75) is 187 Å². The molecule has 3 atom stereocenters. The summed E-state index contributed by atoms with van der Waals surface area (Å²) < 4.78 is 33.2. The normalized spacial score (nSPS) is 14.5. The van der Waals surface area contributed by atoms with E-state index in [0.29, 0.717) is 6.61 Å². The number of esters is 1. The van der Waals surface area contributed by atoms with E-state index >= 15 is 0 Å². The molecule has 0 aromatic heterocycles. The first kappa shape index (κ1) is 47.9. The lowest BCUT2D eigenvalue weighted by Gasteiger charge is -2.20. The molecule has 0 aliphatic heterocycles. The number of aliphatic hydroxyl groups excluding tert-OH is 2. The zero-order chi connectivity index (χ0) is 36.1. The van der Waals surface area contributed by atoms with Gasteiger partial charge in [0, 0.05) is 13.0 Å². The number of ether oxygens (including phenoxy) is 2. The van der Waals surface area contributed by atoms with Gasteiger partial charge in [-0.3, -0.25) is 13.8 Å². The average Bonchev–Trinajstić information content (AvgIpc) is 3.09. The van der Waals surface area contributed by atoms with E-state index < -0.39 is 39.2 Å². The number of carbonyl (C=O) groups is 1. The molecule has 0 aromatic rings. The first-order valence-electron chi connectivity index (χ1n) is 19.8. The number of allylic oxidation sites excluding steroid dienone is 4. The fraction of sp³-hybridized carbons (Fsp3) is 0.872. The van der Waals surface area contributed by atoms with Crippen molar-refractivity contribution in [3.63, 3.8) is 0 Å². The lowest BCUT2D eigenvalue weighted by atomic mass is 10.1. The Balaban J connectivity index is 4.23. The molecule has 0 spiro atoms. The number of unbranched alkanes of at least 4 members (excludes halogenated alkanes) is 20. The molecule has 0 radical (unpaired) electrons. The average molecular weight is 719 g/mol. The van der Waals surface area contributed by atoms with Crippen LogP contribution in [0.3, 0.4) is 0 Å². The fourth-order valence-electron chi connectivity index (χ4n) is 5.28. The number of hydrogen-bond acceptors (Lipinski definition) is 8. The quantitative estimate of drug-likeness (QED) is 0.0247. The number of carbonyl (C=O) groups excluding carboxylic acids is 1. The minimum absolute atomic E-state index is 0.0437. The number of phosphoric acid groups is 1. The van der Waals surface area contributed by atoms with Crippen LogP contribution in [0.15, 0.2) is 24.3 Å². The van der Waals surface area contributed by atoms with Crippen molar-refractivity contribution >= 4 is 13.8 Å². The third-order valence-electron chi connectivity index (χ3n) is 8.36. The molecule has 0 heterocycles. The second kappa shape index (κ2) is 36.7. The third kappa shape index (κ3) is 36.5. The molecular formula is C39H75O9P. The maximum absolute atomic E-state index is 12.5. The van der Waals surface area contributed by atoms with E-state index in [-0.39, 0.29) is 19.6 Å². The standard InChI is InChI=1S/C39H75O9P/c1-3-5-7-9-11-13-15-17-18-20-22-24-26-28-30-32-45-35-38(36-47-49(43,44)46-34-37(41)33-40)48-39(42)31-29-27-25-23-21-19-16-14-12-10-8-6-4-2/h14-17,37-38,40-41H,3-13,18-36H2,1-2H3,(H,43,44)/b16-14-,17-15-. The third-order valence-corrected chi connectivity index (χ3v) is 9.31. The number of aliphatic hydroxyl groups is 2. The summed E-state index contributed by atoms with van der Waals surface area (Å²) in [4.78, 5) is 22.5. The van der Waals surface area contributed by atoms with Crippen LogP contribution in [0, 0.1) is 0 Å². The molecule has 0 saturated carbocycles. The van der Waals surface area contributed by atoms with E-state index in [4.69, 9.17) is 23.6 Å². The summed E-state index contributed by atoms with van der Waals surface area (Å²) in [5, 5.41) is 18.3. The van der Waals surface area contributed by atoms with Crippen molar-refractivity contribution < 1.29 is 43.0 Å². The smallest absolute Gasteiger partial charge is 0.457 e. The molecule has 0 saturated heterocycles. The molecule has 3 N–H and O–H groups in total. The molecule has 49 heavy (non-hydrogen) atoms. The lowest BCUT2D eigenvalue weighted by molar-refractivity contribution is -0.154. The van der Waals surface area contributed by atoms with E-state index in [9.17, 15) is 19.4 Å². The van der Waals surface area contributed by atoms with Crippen LogP contribution in [0.2, 0.25) is 0 Å². The highest BCUT2D eigenvalue weighted by molar-refractivity contribution is 7.47.